The molecule has 2 rings (SSSR count). The van der Waals surface area contributed by atoms with E-state index in [1.54, 1.807) is 0 Å². The van der Waals surface area contributed by atoms with Crippen LogP contribution in [0.3, 0.4) is 0 Å². The fourth-order valence-electron chi connectivity index (χ4n) is 1.57. The fraction of sp³-hybridized carbons (Fsp3) is 0.167. The maximum atomic E-state index is 12.1. The Hall–Kier alpha value is -2.90. The zero-order chi connectivity index (χ0) is 14.5. The zero-order valence-electron chi connectivity index (χ0n) is 11.0. The van der Waals surface area contributed by atoms with Crippen LogP contribution in [-0.2, 0) is 0 Å². The Balaban J connectivity index is 2.30. The van der Waals surface area contributed by atoms with Gasteiger partial charge in [0.2, 0.25) is 5.95 Å². The van der Waals surface area contributed by atoms with Crippen LogP contribution in [0.2, 0.25) is 0 Å². The second-order valence-corrected chi connectivity index (χ2v) is 3.71. The maximum absolute atomic E-state index is 12.1. The summed E-state index contributed by atoms with van der Waals surface area (Å²) in [5.74, 6) is 0.473. The van der Waals surface area contributed by atoms with Crippen LogP contribution in [0.4, 0.5) is 11.6 Å². The van der Waals surface area contributed by atoms with E-state index < -0.39 is 5.91 Å². The first-order chi connectivity index (χ1) is 9.65. The molecule has 1 aromatic heterocycles. The lowest BCUT2D eigenvalue weighted by atomic mass is 10.1. The van der Waals surface area contributed by atoms with Crippen molar-refractivity contribution in [2.45, 2.75) is 0 Å². The Morgan fingerprint density at radius 1 is 1.20 bits per heavy atom. The van der Waals surface area contributed by atoms with E-state index in [-0.39, 0.29) is 17.2 Å². The molecule has 1 amide bonds. The molecule has 2 aromatic rings. The molecule has 0 fully saturated rings. The Labute approximate surface area is 114 Å². The number of nitrogens with zero attached hydrogens (tertiary/aromatic N) is 3. The number of anilines is 2. The van der Waals surface area contributed by atoms with Crippen molar-refractivity contribution < 1.29 is 14.3 Å². The molecule has 0 aliphatic carbocycles. The van der Waals surface area contributed by atoms with Crippen LogP contribution in [0, 0.1) is 0 Å². The summed E-state index contributed by atoms with van der Waals surface area (Å²) < 4.78 is 10.2. The van der Waals surface area contributed by atoms with Gasteiger partial charge in [-0.3, -0.25) is 10.1 Å². The quantitative estimate of drug-likeness (QED) is 0.790. The molecule has 0 bridgehead atoms. The Morgan fingerprint density at radius 2 is 1.90 bits per heavy atom. The third-order valence-electron chi connectivity index (χ3n) is 2.51. The fourth-order valence-corrected chi connectivity index (χ4v) is 1.57. The van der Waals surface area contributed by atoms with Gasteiger partial charge in [-0.05, 0) is 6.07 Å². The van der Waals surface area contributed by atoms with E-state index in [1.165, 1.54) is 38.7 Å². The van der Waals surface area contributed by atoms with Gasteiger partial charge in [-0.25, -0.2) is 4.98 Å². The number of nitrogen functional groups attached to an aromatic ring is 1. The number of nitrogens with one attached hydrogen (secondary N) is 1. The van der Waals surface area contributed by atoms with E-state index >= 15 is 0 Å². The van der Waals surface area contributed by atoms with Gasteiger partial charge in [0, 0.05) is 11.8 Å². The monoisotopic (exact) mass is 275 g/mol. The summed E-state index contributed by atoms with van der Waals surface area (Å²) in [5, 5.41) is 9.76. The Kier molecular flexibility index (Phi) is 3.94. The van der Waals surface area contributed by atoms with Gasteiger partial charge in [-0.2, -0.15) is 5.10 Å². The number of aromatic nitrogens is 3. The SMILES string of the molecule is COc1cc(N)c(C(=O)Nc2nccnn2)cc1OC. The van der Waals surface area contributed by atoms with Crippen LogP contribution in [-0.4, -0.2) is 35.3 Å². The van der Waals surface area contributed by atoms with Crippen molar-refractivity contribution in [3.63, 3.8) is 0 Å². The molecule has 0 radical (unpaired) electrons. The molecule has 0 aliphatic heterocycles. The summed E-state index contributed by atoms with van der Waals surface area (Å²) in [5.41, 5.74) is 6.31. The van der Waals surface area contributed by atoms with Crippen LogP contribution >= 0.6 is 0 Å². The first kappa shape index (κ1) is 13.5. The normalized spacial score (nSPS) is 9.90. The smallest absolute Gasteiger partial charge is 0.260 e. The largest absolute Gasteiger partial charge is 0.493 e. The first-order valence-corrected chi connectivity index (χ1v) is 5.62. The average Bonchev–Trinajstić information content (AvgIpc) is 2.47. The number of amides is 1. The van der Waals surface area contributed by atoms with Crippen LogP contribution in [0.5, 0.6) is 11.5 Å². The molecule has 1 aromatic carbocycles. The van der Waals surface area contributed by atoms with Crippen molar-refractivity contribution in [3.05, 3.63) is 30.1 Å². The zero-order valence-corrected chi connectivity index (χ0v) is 11.0. The van der Waals surface area contributed by atoms with Crippen molar-refractivity contribution in [3.8, 4) is 11.5 Å². The van der Waals surface area contributed by atoms with Gasteiger partial charge in [0.25, 0.3) is 5.91 Å². The van der Waals surface area contributed by atoms with Crippen LogP contribution < -0.4 is 20.5 Å². The molecular formula is C12H13N5O3. The number of hydrogen-bond donors (Lipinski definition) is 2. The van der Waals surface area contributed by atoms with E-state index in [1.807, 2.05) is 0 Å². The topological polar surface area (TPSA) is 112 Å². The highest BCUT2D eigenvalue weighted by Crippen LogP contribution is 2.32. The van der Waals surface area contributed by atoms with Crippen molar-refractivity contribution in [1.82, 2.24) is 15.2 Å². The van der Waals surface area contributed by atoms with Gasteiger partial charge < -0.3 is 15.2 Å². The number of rotatable bonds is 4. The van der Waals surface area contributed by atoms with Gasteiger partial charge in [0.15, 0.2) is 11.5 Å². The number of nitrogens with two attached hydrogens (primary N) is 1. The Morgan fingerprint density at radius 3 is 2.50 bits per heavy atom. The number of carbonyl (C=O) groups excluding carboxylic acids is 1. The Bertz CT molecular complexity index is 618. The molecule has 3 N–H and O–H groups in total. The second kappa shape index (κ2) is 5.83. The molecule has 8 nitrogen and oxygen atoms in total. The van der Waals surface area contributed by atoms with Gasteiger partial charge in [-0.15, -0.1) is 5.10 Å². The predicted octanol–water partition coefficient (Wildman–Crippen LogP) is 0.723. The van der Waals surface area contributed by atoms with Crippen molar-refractivity contribution in [2.75, 3.05) is 25.3 Å². The van der Waals surface area contributed by atoms with E-state index in [9.17, 15) is 4.79 Å². The first-order valence-electron chi connectivity index (χ1n) is 5.62. The molecule has 0 atom stereocenters. The maximum Gasteiger partial charge on any atom is 0.260 e. The third kappa shape index (κ3) is 2.74. The minimum Gasteiger partial charge on any atom is -0.493 e. The van der Waals surface area contributed by atoms with Crippen LogP contribution in [0.25, 0.3) is 0 Å². The molecule has 0 aliphatic rings. The number of ether oxygens (including phenoxy) is 2. The number of benzene rings is 1. The standard InChI is InChI=1S/C12H13N5O3/c1-19-9-5-7(8(13)6-10(9)20-2)11(18)16-12-14-3-4-15-17-12/h3-6H,13H2,1-2H3,(H,14,16,17,18). The van der Waals surface area contributed by atoms with E-state index in [0.29, 0.717) is 11.5 Å². The van der Waals surface area contributed by atoms with E-state index in [4.69, 9.17) is 15.2 Å². The summed E-state index contributed by atoms with van der Waals surface area (Å²) in [7, 11) is 2.96. The lowest BCUT2D eigenvalue weighted by Crippen LogP contribution is -2.16. The van der Waals surface area contributed by atoms with E-state index in [0.717, 1.165) is 0 Å². The minimum atomic E-state index is -0.462. The number of methoxy groups -OCH3 is 2. The van der Waals surface area contributed by atoms with Crippen LogP contribution in [0.15, 0.2) is 24.5 Å². The number of carbonyl (C=O) groups is 1. The summed E-state index contributed by atoms with van der Waals surface area (Å²) in [6, 6.07) is 3.00. The molecular weight excluding hydrogens is 262 g/mol. The summed E-state index contributed by atoms with van der Waals surface area (Å²) in [4.78, 5) is 16.0. The molecule has 8 heteroatoms. The lowest BCUT2D eigenvalue weighted by molar-refractivity contribution is 0.102. The highest BCUT2D eigenvalue weighted by molar-refractivity contribution is 6.07. The average molecular weight is 275 g/mol. The van der Waals surface area contributed by atoms with E-state index in [2.05, 4.69) is 20.5 Å². The van der Waals surface area contributed by atoms with Gasteiger partial charge in [-0.1, -0.05) is 0 Å². The minimum absolute atomic E-state index is 0.0895. The summed E-state index contributed by atoms with van der Waals surface area (Å²) in [6.45, 7) is 0. The van der Waals surface area contributed by atoms with Gasteiger partial charge in [0.1, 0.15) is 0 Å². The molecule has 0 spiro atoms. The van der Waals surface area contributed by atoms with Crippen molar-refractivity contribution >= 4 is 17.5 Å². The summed E-state index contributed by atoms with van der Waals surface area (Å²) in [6.07, 6.45) is 2.82. The molecule has 1 heterocycles. The molecule has 0 saturated heterocycles. The molecule has 104 valence electrons. The highest BCUT2D eigenvalue weighted by atomic mass is 16.5. The molecule has 0 unspecified atom stereocenters. The van der Waals surface area contributed by atoms with Crippen LogP contribution in [0.1, 0.15) is 10.4 Å². The van der Waals surface area contributed by atoms with Crippen molar-refractivity contribution in [2.24, 2.45) is 0 Å². The molecule has 0 saturated carbocycles. The predicted molar refractivity (Wildman–Crippen MR) is 71.7 cm³/mol. The van der Waals surface area contributed by atoms with Gasteiger partial charge in [0.05, 0.1) is 32.2 Å². The summed E-state index contributed by atoms with van der Waals surface area (Å²) >= 11 is 0. The lowest BCUT2D eigenvalue weighted by Gasteiger charge is -2.11. The second-order valence-electron chi connectivity index (χ2n) is 3.71. The van der Waals surface area contributed by atoms with Crippen molar-refractivity contribution in [1.29, 1.82) is 0 Å². The number of hydrogen-bond acceptors (Lipinski definition) is 7. The molecule has 20 heavy (non-hydrogen) atoms. The third-order valence-corrected chi connectivity index (χ3v) is 2.51. The highest BCUT2D eigenvalue weighted by Gasteiger charge is 2.16. The van der Waals surface area contributed by atoms with Gasteiger partial charge >= 0.3 is 0 Å².